The number of rotatable bonds is 4. The standard InChI is InChI=1S/C25H27N3O3S/c29-25(27-12-11-21-6-2-4-8-23(21)18-27)19-26-13-15-28(16-14-26)32(30,31)24-10-9-20-5-1-3-7-22(20)17-24/h1-10,17H,11-16,18-19H2/p+1. The number of hydrogen-bond acceptors (Lipinski definition) is 3. The van der Waals surface area contributed by atoms with E-state index in [-0.39, 0.29) is 5.91 Å². The average Bonchev–Trinajstić information content (AvgIpc) is 2.83. The summed E-state index contributed by atoms with van der Waals surface area (Å²) < 4.78 is 27.9. The molecule has 1 N–H and O–H groups in total. The van der Waals surface area contributed by atoms with Crippen LogP contribution in [-0.2, 0) is 27.8 Å². The van der Waals surface area contributed by atoms with Crippen molar-refractivity contribution >= 4 is 26.7 Å². The van der Waals surface area contributed by atoms with Gasteiger partial charge in [-0.15, -0.1) is 0 Å². The molecule has 5 rings (SSSR count). The highest BCUT2D eigenvalue weighted by atomic mass is 32.2. The predicted molar refractivity (Wildman–Crippen MR) is 124 cm³/mol. The Labute approximate surface area is 189 Å². The van der Waals surface area contributed by atoms with Gasteiger partial charge in [-0.1, -0.05) is 54.6 Å². The van der Waals surface area contributed by atoms with E-state index in [0.29, 0.717) is 44.2 Å². The molecule has 32 heavy (non-hydrogen) atoms. The summed E-state index contributed by atoms with van der Waals surface area (Å²) in [6.07, 6.45) is 0.898. The second-order valence-electron chi connectivity index (χ2n) is 8.67. The lowest BCUT2D eigenvalue weighted by Gasteiger charge is -2.33. The summed E-state index contributed by atoms with van der Waals surface area (Å²) in [5, 5.41) is 1.95. The number of benzene rings is 3. The van der Waals surface area contributed by atoms with Crippen LogP contribution in [0.25, 0.3) is 10.8 Å². The van der Waals surface area contributed by atoms with Crippen LogP contribution >= 0.6 is 0 Å². The molecule has 6 nitrogen and oxygen atoms in total. The number of piperazine rings is 1. The molecule has 0 aromatic heterocycles. The summed E-state index contributed by atoms with van der Waals surface area (Å²) in [6.45, 7) is 4.00. The Bertz CT molecular complexity index is 1250. The van der Waals surface area contributed by atoms with Gasteiger partial charge in [0.15, 0.2) is 6.54 Å². The number of quaternary nitrogens is 1. The number of sulfonamides is 1. The minimum Gasteiger partial charge on any atom is -0.333 e. The molecule has 2 aliphatic rings. The quantitative estimate of drug-likeness (QED) is 0.652. The molecule has 0 radical (unpaired) electrons. The van der Waals surface area contributed by atoms with Crippen LogP contribution in [-0.4, -0.2) is 62.8 Å². The van der Waals surface area contributed by atoms with Gasteiger partial charge in [-0.3, -0.25) is 4.79 Å². The van der Waals surface area contributed by atoms with E-state index >= 15 is 0 Å². The van der Waals surface area contributed by atoms with Gasteiger partial charge >= 0.3 is 0 Å². The molecule has 3 aromatic carbocycles. The molecule has 1 amide bonds. The van der Waals surface area contributed by atoms with Gasteiger partial charge in [0.2, 0.25) is 10.0 Å². The minimum absolute atomic E-state index is 0.153. The fourth-order valence-electron chi connectivity index (χ4n) is 4.73. The van der Waals surface area contributed by atoms with Gasteiger partial charge < -0.3 is 9.80 Å². The Balaban J connectivity index is 1.20. The largest absolute Gasteiger partial charge is 0.333 e. The molecule has 0 spiro atoms. The van der Waals surface area contributed by atoms with Crippen molar-refractivity contribution in [1.82, 2.24) is 9.21 Å². The lowest BCUT2D eigenvalue weighted by atomic mass is 10.00. The van der Waals surface area contributed by atoms with Crippen molar-refractivity contribution in [1.29, 1.82) is 0 Å². The van der Waals surface area contributed by atoms with Gasteiger partial charge in [-0.05, 0) is 40.5 Å². The molecule has 1 saturated heterocycles. The molecule has 0 bridgehead atoms. The van der Waals surface area contributed by atoms with Crippen molar-refractivity contribution < 1.29 is 18.1 Å². The molecule has 0 aliphatic carbocycles. The molecule has 0 unspecified atom stereocenters. The molecule has 3 aromatic rings. The minimum atomic E-state index is -3.53. The maximum atomic E-state index is 13.2. The van der Waals surface area contributed by atoms with Crippen molar-refractivity contribution in [2.45, 2.75) is 17.9 Å². The topological polar surface area (TPSA) is 62.1 Å². The number of carbonyl (C=O) groups excluding carboxylic acids is 1. The number of carbonyl (C=O) groups is 1. The van der Waals surface area contributed by atoms with Crippen LogP contribution in [0.3, 0.4) is 0 Å². The van der Waals surface area contributed by atoms with E-state index in [2.05, 4.69) is 12.1 Å². The van der Waals surface area contributed by atoms with Crippen molar-refractivity contribution in [3.8, 4) is 0 Å². The fraction of sp³-hybridized carbons (Fsp3) is 0.320. The molecule has 1 fully saturated rings. The number of fused-ring (bicyclic) bond motifs is 2. The smallest absolute Gasteiger partial charge is 0.278 e. The van der Waals surface area contributed by atoms with Crippen LogP contribution in [0.15, 0.2) is 71.6 Å². The van der Waals surface area contributed by atoms with Gasteiger partial charge in [0.05, 0.1) is 31.1 Å². The average molecular weight is 451 g/mol. The SMILES string of the molecule is O=C(C[NH+]1CCN(S(=O)(=O)c2ccc3ccccc3c2)CC1)N1CCc2ccccc2C1. The van der Waals surface area contributed by atoms with E-state index in [4.69, 9.17) is 0 Å². The number of nitrogens with zero attached hydrogens (tertiary/aromatic N) is 2. The normalized spacial score (nSPS) is 17.9. The van der Waals surface area contributed by atoms with Crippen molar-refractivity contribution in [3.05, 3.63) is 77.9 Å². The second kappa shape index (κ2) is 8.65. The number of hydrogen-bond donors (Lipinski definition) is 1. The summed E-state index contributed by atoms with van der Waals surface area (Å²) >= 11 is 0. The van der Waals surface area contributed by atoms with Crippen LogP contribution in [0.2, 0.25) is 0 Å². The Morgan fingerprint density at radius 1 is 0.844 bits per heavy atom. The first-order valence-corrected chi connectivity index (χ1v) is 12.6. The third kappa shape index (κ3) is 4.16. The van der Waals surface area contributed by atoms with Gasteiger partial charge in [0.1, 0.15) is 0 Å². The van der Waals surface area contributed by atoms with Crippen molar-refractivity contribution in [3.63, 3.8) is 0 Å². The van der Waals surface area contributed by atoms with Gasteiger partial charge in [-0.25, -0.2) is 8.42 Å². The van der Waals surface area contributed by atoms with Crippen LogP contribution in [0.5, 0.6) is 0 Å². The molecule has 0 atom stereocenters. The molecule has 2 heterocycles. The Morgan fingerprint density at radius 3 is 2.31 bits per heavy atom. The van der Waals surface area contributed by atoms with E-state index < -0.39 is 10.0 Å². The Kier molecular flexibility index (Phi) is 5.71. The molecule has 2 aliphatic heterocycles. The highest BCUT2D eigenvalue weighted by molar-refractivity contribution is 7.89. The first-order chi connectivity index (χ1) is 15.5. The van der Waals surface area contributed by atoms with Gasteiger partial charge in [-0.2, -0.15) is 4.31 Å². The van der Waals surface area contributed by atoms with E-state index in [0.717, 1.165) is 28.6 Å². The second-order valence-corrected chi connectivity index (χ2v) is 10.6. The highest BCUT2D eigenvalue weighted by Crippen LogP contribution is 2.22. The van der Waals surface area contributed by atoms with E-state index in [9.17, 15) is 13.2 Å². The summed E-state index contributed by atoms with van der Waals surface area (Å²) in [4.78, 5) is 16.3. The number of amides is 1. The summed E-state index contributed by atoms with van der Waals surface area (Å²) in [5.41, 5.74) is 2.56. The van der Waals surface area contributed by atoms with Gasteiger partial charge in [0.25, 0.3) is 5.91 Å². The van der Waals surface area contributed by atoms with E-state index in [1.165, 1.54) is 11.1 Å². The van der Waals surface area contributed by atoms with Crippen molar-refractivity contribution in [2.24, 2.45) is 0 Å². The van der Waals surface area contributed by atoms with Crippen molar-refractivity contribution in [2.75, 3.05) is 39.3 Å². The summed E-state index contributed by atoms with van der Waals surface area (Å²) in [6, 6.07) is 21.4. The summed E-state index contributed by atoms with van der Waals surface area (Å²) in [5.74, 6) is 0.153. The summed E-state index contributed by atoms with van der Waals surface area (Å²) in [7, 11) is -3.53. The van der Waals surface area contributed by atoms with Gasteiger partial charge in [0, 0.05) is 13.1 Å². The third-order valence-electron chi connectivity index (χ3n) is 6.67. The Hall–Kier alpha value is -2.74. The molecule has 0 saturated carbocycles. The lowest BCUT2D eigenvalue weighted by molar-refractivity contribution is -0.896. The maximum Gasteiger partial charge on any atom is 0.278 e. The third-order valence-corrected chi connectivity index (χ3v) is 8.57. The number of nitrogens with one attached hydrogen (secondary N) is 1. The molecule has 166 valence electrons. The zero-order valence-corrected chi connectivity index (χ0v) is 18.9. The van der Waals surface area contributed by atoms with Crippen LogP contribution in [0.4, 0.5) is 0 Å². The van der Waals surface area contributed by atoms with E-state index in [1.54, 1.807) is 16.4 Å². The Morgan fingerprint density at radius 2 is 1.53 bits per heavy atom. The fourth-order valence-corrected chi connectivity index (χ4v) is 6.21. The maximum absolute atomic E-state index is 13.2. The monoisotopic (exact) mass is 450 g/mol. The zero-order valence-electron chi connectivity index (χ0n) is 18.0. The van der Waals surface area contributed by atoms with E-state index in [1.807, 2.05) is 47.4 Å². The predicted octanol–water partition coefficient (Wildman–Crippen LogP) is 1.31. The molecular formula is C25H28N3O3S+. The first-order valence-electron chi connectivity index (χ1n) is 11.2. The van der Waals surface area contributed by atoms with Crippen LogP contribution < -0.4 is 4.90 Å². The molecule has 7 heteroatoms. The zero-order chi connectivity index (χ0) is 22.1. The molecular weight excluding hydrogens is 422 g/mol. The van der Waals surface area contributed by atoms with Crippen LogP contribution in [0, 0.1) is 0 Å². The lowest BCUT2D eigenvalue weighted by Crippen LogP contribution is -3.15. The highest BCUT2D eigenvalue weighted by Gasteiger charge is 2.32. The first kappa shape index (κ1) is 21.1. The van der Waals surface area contributed by atoms with Crippen LogP contribution in [0.1, 0.15) is 11.1 Å².